The van der Waals surface area contributed by atoms with E-state index < -0.39 is 0 Å². The Bertz CT molecular complexity index is 217. The number of nitrogens with two attached hydrogens (primary N) is 1. The minimum atomic E-state index is -0.247. The van der Waals surface area contributed by atoms with Crippen LogP contribution in [0.4, 0.5) is 0 Å². The van der Waals surface area contributed by atoms with Gasteiger partial charge in [0.15, 0.2) is 0 Å². The molecule has 0 aromatic heterocycles. The van der Waals surface area contributed by atoms with Crippen molar-refractivity contribution in [2.75, 3.05) is 19.6 Å². The van der Waals surface area contributed by atoms with Crippen molar-refractivity contribution in [3.63, 3.8) is 0 Å². The molecule has 0 heterocycles. The summed E-state index contributed by atoms with van der Waals surface area (Å²) in [6.07, 6.45) is 0. The standard InChI is InChI=1S/C10H21N3O2/c1-7(2)5-12-9(14)6-13-10(15)8(3)4-11/h7-8H,4-6,11H2,1-3H3,(H,12,14)(H,13,15). The first-order chi connectivity index (χ1) is 6.97. The molecule has 0 aromatic carbocycles. The number of hydrogen-bond acceptors (Lipinski definition) is 3. The van der Waals surface area contributed by atoms with Crippen LogP contribution in [0.3, 0.4) is 0 Å². The van der Waals surface area contributed by atoms with Crippen molar-refractivity contribution in [3.8, 4) is 0 Å². The van der Waals surface area contributed by atoms with Crippen LogP contribution in [0.2, 0.25) is 0 Å². The summed E-state index contributed by atoms with van der Waals surface area (Å²) in [7, 11) is 0. The third-order valence-corrected chi connectivity index (χ3v) is 1.93. The number of amides is 2. The molecule has 0 rings (SSSR count). The molecule has 5 heteroatoms. The second kappa shape index (κ2) is 7.23. The van der Waals surface area contributed by atoms with E-state index >= 15 is 0 Å². The molecule has 0 saturated carbocycles. The van der Waals surface area contributed by atoms with Gasteiger partial charge in [-0.3, -0.25) is 9.59 Å². The smallest absolute Gasteiger partial charge is 0.239 e. The Morgan fingerprint density at radius 1 is 1.20 bits per heavy atom. The van der Waals surface area contributed by atoms with Crippen molar-refractivity contribution >= 4 is 11.8 Å². The SMILES string of the molecule is CC(C)CNC(=O)CNC(=O)C(C)CN. The third kappa shape index (κ3) is 6.90. The maximum Gasteiger partial charge on any atom is 0.239 e. The van der Waals surface area contributed by atoms with Crippen LogP contribution in [0.5, 0.6) is 0 Å². The maximum atomic E-state index is 11.2. The summed E-state index contributed by atoms with van der Waals surface area (Å²) in [6.45, 7) is 6.68. The molecule has 0 aliphatic heterocycles. The minimum Gasteiger partial charge on any atom is -0.354 e. The summed E-state index contributed by atoms with van der Waals surface area (Å²) in [6, 6.07) is 0. The normalized spacial score (nSPS) is 12.3. The summed E-state index contributed by atoms with van der Waals surface area (Å²) in [4.78, 5) is 22.5. The molecule has 2 amide bonds. The summed E-state index contributed by atoms with van der Waals surface area (Å²) >= 11 is 0. The Morgan fingerprint density at radius 3 is 2.27 bits per heavy atom. The average Bonchev–Trinajstić information content (AvgIpc) is 2.21. The van der Waals surface area contributed by atoms with Gasteiger partial charge < -0.3 is 16.4 Å². The van der Waals surface area contributed by atoms with Crippen LogP contribution in [0.25, 0.3) is 0 Å². The fraction of sp³-hybridized carbons (Fsp3) is 0.800. The molecule has 0 radical (unpaired) electrons. The molecule has 0 fully saturated rings. The lowest BCUT2D eigenvalue weighted by atomic mass is 10.2. The highest BCUT2D eigenvalue weighted by atomic mass is 16.2. The van der Waals surface area contributed by atoms with Gasteiger partial charge >= 0.3 is 0 Å². The zero-order valence-electron chi connectivity index (χ0n) is 9.67. The van der Waals surface area contributed by atoms with E-state index in [9.17, 15) is 9.59 Å². The Morgan fingerprint density at radius 2 is 1.80 bits per heavy atom. The topological polar surface area (TPSA) is 84.2 Å². The van der Waals surface area contributed by atoms with Gasteiger partial charge in [0.2, 0.25) is 11.8 Å². The van der Waals surface area contributed by atoms with Crippen LogP contribution in [0.1, 0.15) is 20.8 Å². The number of hydrogen-bond donors (Lipinski definition) is 3. The highest BCUT2D eigenvalue weighted by molar-refractivity contribution is 5.85. The van der Waals surface area contributed by atoms with E-state index in [2.05, 4.69) is 10.6 Å². The van der Waals surface area contributed by atoms with Gasteiger partial charge in [-0.1, -0.05) is 20.8 Å². The fourth-order valence-corrected chi connectivity index (χ4v) is 0.829. The molecule has 0 spiro atoms. The molecule has 4 N–H and O–H groups in total. The Hall–Kier alpha value is -1.10. The second-order valence-corrected chi connectivity index (χ2v) is 4.05. The van der Waals surface area contributed by atoms with Crippen molar-refractivity contribution in [3.05, 3.63) is 0 Å². The first-order valence-electron chi connectivity index (χ1n) is 5.21. The van der Waals surface area contributed by atoms with Gasteiger partial charge in [0.25, 0.3) is 0 Å². The van der Waals surface area contributed by atoms with E-state index in [1.165, 1.54) is 0 Å². The van der Waals surface area contributed by atoms with Crippen molar-refractivity contribution < 1.29 is 9.59 Å². The van der Waals surface area contributed by atoms with Crippen molar-refractivity contribution in [1.29, 1.82) is 0 Å². The molecular weight excluding hydrogens is 194 g/mol. The molecule has 0 bridgehead atoms. The quantitative estimate of drug-likeness (QED) is 0.557. The number of rotatable bonds is 6. The van der Waals surface area contributed by atoms with Gasteiger partial charge in [0, 0.05) is 19.0 Å². The van der Waals surface area contributed by atoms with Gasteiger partial charge in [0.05, 0.1) is 6.54 Å². The molecule has 0 aliphatic rings. The lowest BCUT2D eigenvalue weighted by Crippen LogP contribution is -2.41. The monoisotopic (exact) mass is 215 g/mol. The van der Waals surface area contributed by atoms with Gasteiger partial charge in [-0.25, -0.2) is 0 Å². The predicted octanol–water partition coefficient (Wildman–Crippen LogP) is -0.530. The molecule has 1 atom stereocenters. The number of carbonyl (C=O) groups is 2. The van der Waals surface area contributed by atoms with E-state index in [-0.39, 0.29) is 24.3 Å². The molecule has 15 heavy (non-hydrogen) atoms. The van der Waals surface area contributed by atoms with Crippen molar-refractivity contribution in [2.45, 2.75) is 20.8 Å². The zero-order valence-corrected chi connectivity index (χ0v) is 9.67. The number of nitrogens with one attached hydrogen (secondary N) is 2. The minimum absolute atomic E-state index is 0.0237. The lowest BCUT2D eigenvalue weighted by molar-refractivity contribution is -0.128. The zero-order chi connectivity index (χ0) is 11.8. The molecular formula is C10H21N3O2. The molecule has 0 saturated heterocycles. The van der Waals surface area contributed by atoms with E-state index in [4.69, 9.17) is 5.73 Å². The van der Waals surface area contributed by atoms with E-state index in [1.807, 2.05) is 13.8 Å². The maximum absolute atomic E-state index is 11.2. The summed E-state index contributed by atoms with van der Waals surface area (Å²) in [5, 5.41) is 5.24. The molecule has 0 aromatic rings. The van der Waals surface area contributed by atoms with Crippen LogP contribution in [-0.2, 0) is 9.59 Å². The Balaban J connectivity index is 3.67. The number of carbonyl (C=O) groups excluding carboxylic acids is 2. The highest BCUT2D eigenvalue weighted by Crippen LogP contribution is 1.90. The summed E-state index contributed by atoms with van der Waals surface area (Å²) in [5.41, 5.74) is 5.32. The Kier molecular flexibility index (Phi) is 6.70. The Labute approximate surface area is 90.8 Å². The van der Waals surface area contributed by atoms with E-state index in [0.717, 1.165) is 0 Å². The summed E-state index contributed by atoms with van der Waals surface area (Å²) in [5.74, 6) is -0.186. The van der Waals surface area contributed by atoms with Crippen LogP contribution in [0, 0.1) is 11.8 Å². The molecule has 5 nitrogen and oxygen atoms in total. The van der Waals surface area contributed by atoms with Crippen LogP contribution in [-0.4, -0.2) is 31.4 Å². The van der Waals surface area contributed by atoms with Crippen LogP contribution in [0.15, 0.2) is 0 Å². The largest absolute Gasteiger partial charge is 0.354 e. The van der Waals surface area contributed by atoms with Gasteiger partial charge in [0.1, 0.15) is 0 Å². The van der Waals surface area contributed by atoms with Gasteiger partial charge in [-0.05, 0) is 5.92 Å². The molecule has 88 valence electrons. The third-order valence-electron chi connectivity index (χ3n) is 1.93. The van der Waals surface area contributed by atoms with E-state index in [1.54, 1.807) is 6.92 Å². The predicted molar refractivity (Wildman–Crippen MR) is 59.1 cm³/mol. The first kappa shape index (κ1) is 13.9. The van der Waals surface area contributed by atoms with Crippen LogP contribution >= 0.6 is 0 Å². The molecule has 1 unspecified atom stereocenters. The lowest BCUT2D eigenvalue weighted by Gasteiger charge is -2.11. The van der Waals surface area contributed by atoms with Crippen molar-refractivity contribution in [1.82, 2.24) is 10.6 Å². The van der Waals surface area contributed by atoms with Crippen molar-refractivity contribution in [2.24, 2.45) is 17.6 Å². The second-order valence-electron chi connectivity index (χ2n) is 4.05. The highest BCUT2D eigenvalue weighted by Gasteiger charge is 2.11. The van der Waals surface area contributed by atoms with E-state index in [0.29, 0.717) is 19.0 Å². The van der Waals surface area contributed by atoms with Gasteiger partial charge in [-0.15, -0.1) is 0 Å². The average molecular weight is 215 g/mol. The fourth-order valence-electron chi connectivity index (χ4n) is 0.829. The molecule has 0 aliphatic carbocycles. The summed E-state index contributed by atoms with van der Waals surface area (Å²) < 4.78 is 0. The van der Waals surface area contributed by atoms with Crippen LogP contribution < -0.4 is 16.4 Å². The van der Waals surface area contributed by atoms with Gasteiger partial charge in [-0.2, -0.15) is 0 Å². The first-order valence-corrected chi connectivity index (χ1v) is 5.21.